The molecule has 160 valence electrons. The third kappa shape index (κ3) is 3.57. The molecule has 4 nitrogen and oxygen atoms in total. The number of benzene rings is 3. The van der Waals surface area contributed by atoms with Crippen molar-refractivity contribution in [3.05, 3.63) is 108 Å². The highest BCUT2D eigenvalue weighted by Crippen LogP contribution is 2.41. The third-order valence-corrected chi connectivity index (χ3v) is 6.06. The Bertz CT molecular complexity index is 1550. The minimum absolute atomic E-state index is 0.252. The van der Waals surface area contributed by atoms with Crippen molar-refractivity contribution in [1.29, 1.82) is 0 Å². The van der Waals surface area contributed by atoms with E-state index in [1.54, 1.807) is 24.5 Å². The van der Waals surface area contributed by atoms with Gasteiger partial charge in [0.15, 0.2) is 0 Å². The summed E-state index contributed by atoms with van der Waals surface area (Å²) in [6.07, 6.45) is 5.34. The average Bonchev–Trinajstić information content (AvgIpc) is 3.45. The first-order valence-electron chi connectivity index (χ1n) is 11.0. The smallest absolute Gasteiger partial charge is 0.123 e. The van der Waals surface area contributed by atoms with Crippen molar-refractivity contribution in [2.45, 2.75) is 12.8 Å². The number of imidazole rings is 1. The van der Waals surface area contributed by atoms with Gasteiger partial charge in [-0.1, -0.05) is 30.3 Å². The summed E-state index contributed by atoms with van der Waals surface area (Å²) in [4.78, 5) is 16.3. The van der Waals surface area contributed by atoms with Gasteiger partial charge >= 0.3 is 0 Å². The molecule has 0 unspecified atom stereocenters. The molecule has 0 radical (unpaired) electrons. The fraction of sp³-hybridized carbons (Fsp3) is 0.0714. The Morgan fingerprint density at radius 1 is 0.697 bits per heavy atom. The number of aromatic amines is 2. The van der Waals surface area contributed by atoms with Crippen LogP contribution in [0.25, 0.3) is 44.3 Å². The molecule has 6 rings (SSSR count). The van der Waals surface area contributed by atoms with Crippen molar-refractivity contribution < 1.29 is 4.39 Å². The van der Waals surface area contributed by atoms with E-state index in [-0.39, 0.29) is 5.82 Å². The highest BCUT2D eigenvalue weighted by atomic mass is 19.1. The van der Waals surface area contributed by atoms with Crippen molar-refractivity contribution in [2.75, 3.05) is 0 Å². The zero-order valence-corrected chi connectivity index (χ0v) is 17.8. The van der Waals surface area contributed by atoms with E-state index in [0.717, 1.165) is 63.0 Å². The molecule has 3 heterocycles. The topological polar surface area (TPSA) is 57.4 Å². The SMILES string of the molecule is Fc1ccc(-c2[nH]c3ccc4[nH]c(CCc5ccccc5)nc4c3c2-c2ccncc2)cc1. The van der Waals surface area contributed by atoms with Gasteiger partial charge in [0, 0.05) is 35.3 Å². The normalized spacial score (nSPS) is 11.4. The van der Waals surface area contributed by atoms with Gasteiger partial charge in [0.05, 0.1) is 16.7 Å². The molecule has 33 heavy (non-hydrogen) atoms. The second-order valence-electron chi connectivity index (χ2n) is 8.17. The number of pyridine rings is 1. The van der Waals surface area contributed by atoms with E-state index >= 15 is 0 Å². The predicted octanol–water partition coefficient (Wildman–Crippen LogP) is 6.70. The zero-order chi connectivity index (χ0) is 22.2. The molecule has 2 N–H and O–H groups in total. The number of nitrogens with one attached hydrogen (secondary N) is 2. The maximum atomic E-state index is 13.6. The Kier molecular flexibility index (Phi) is 4.73. The fourth-order valence-electron chi connectivity index (χ4n) is 4.47. The Hall–Kier alpha value is -4.25. The molecule has 0 aliphatic carbocycles. The van der Waals surface area contributed by atoms with Gasteiger partial charge in [-0.05, 0) is 71.6 Å². The molecular formula is C28H21FN4. The lowest BCUT2D eigenvalue weighted by Crippen LogP contribution is -1.92. The molecule has 0 amide bonds. The zero-order valence-electron chi connectivity index (χ0n) is 17.8. The van der Waals surface area contributed by atoms with Crippen LogP contribution in [0.3, 0.4) is 0 Å². The van der Waals surface area contributed by atoms with E-state index in [1.165, 1.54) is 17.7 Å². The Balaban J connectivity index is 1.53. The molecule has 0 bridgehead atoms. The third-order valence-electron chi connectivity index (χ3n) is 6.06. The second kappa shape index (κ2) is 8.02. The first-order valence-corrected chi connectivity index (χ1v) is 11.0. The van der Waals surface area contributed by atoms with E-state index in [4.69, 9.17) is 4.98 Å². The summed E-state index contributed by atoms with van der Waals surface area (Å²) in [5, 5.41) is 1.06. The Morgan fingerprint density at radius 2 is 1.45 bits per heavy atom. The number of rotatable bonds is 5. The van der Waals surface area contributed by atoms with Crippen molar-refractivity contribution in [3.8, 4) is 22.4 Å². The van der Waals surface area contributed by atoms with Crippen LogP contribution >= 0.6 is 0 Å². The summed E-state index contributed by atoms with van der Waals surface area (Å²) >= 11 is 0. The van der Waals surface area contributed by atoms with E-state index < -0.39 is 0 Å². The largest absolute Gasteiger partial charge is 0.354 e. The Morgan fingerprint density at radius 3 is 2.24 bits per heavy atom. The van der Waals surface area contributed by atoms with E-state index in [1.807, 2.05) is 18.2 Å². The first-order chi connectivity index (χ1) is 16.3. The van der Waals surface area contributed by atoms with Crippen LogP contribution in [0.1, 0.15) is 11.4 Å². The highest BCUT2D eigenvalue weighted by molar-refractivity contribution is 6.15. The minimum Gasteiger partial charge on any atom is -0.354 e. The molecule has 0 spiro atoms. The van der Waals surface area contributed by atoms with Gasteiger partial charge in [-0.2, -0.15) is 0 Å². The maximum Gasteiger partial charge on any atom is 0.123 e. The van der Waals surface area contributed by atoms with Crippen LogP contribution in [0, 0.1) is 5.82 Å². The molecule has 0 fully saturated rings. The molecule has 0 atom stereocenters. The summed E-state index contributed by atoms with van der Waals surface area (Å²) in [5.41, 5.74) is 8.18. The van der Waals surface area contributed by atoms with Crippen LogP contribution in [0.2, 0.25) is 0 Å². The van der Waals surface area contributed by atoms with Gasteiger partial charge in [0.2, 0.25) is 0 Å². The number of H-pyrrole nitrogens is 2. The first kappa shape index (κ1) is 19.4. The second-order valence-corrected chi connectivity index (χ2v) is 8.17. The van der Waals surface area contributed by atoms with Gasteiger partial charge in [-0.3, -0.25) is 4.98 Å². The van der Waals surface area contributed by atoms with E-state index in [9.17, 15) is 4.39 Å². The maximum absolute atomic E-state index is 13.6. The van der Waals surface area contributed by atoms with Crippen molar-refractivity contribution >= 4 is 21.9 Å². The monoisotopic (exact) mass is 432 g/mol. The number of fused-ring (bicyclic) bond motifs is 3. The number of nitrogens with zero attached hydrogens (tertiary/aromatic N) is 2. The molecule has 6 aromatic rings. The quantitative estimate of drug-likeness (QED) is 0.319. The standard InChI is InChI=1S/C28H21FN4/c29-21-9-7-20(8-10-21)27-25(19-14-16-30-17-15-19)26-22(32-27)11-12-23-28(26)33-24(31-23)13-6-18-4-2-1-3-5-18/h1-5,7-12,14-17,32H,6,13H2,(H,31,33). The summed E-state index contributed by atoms with van der Waals surface area (Å²) in [7, 11) is 0. The molecule has 0 saturated heterocycles. The average molecular weight is 433 g/mol. The number of aromatic nitrogens is 4. The lowest BCUT2D eigenvalue weighted by molar-refractivity contribution is 0.628. The molecule has 5 heteroatoms. The van der Waals surface area contributed by atoms with Crippen LogP contribution < -0.4 is 0 Å². The van der Waals surface area contributed by atoms with E-state index in [2.05, 4.69) is 51.4 Å². The fourth-order valence-corrected chi connectivity index (χ4v) is 4.47. The van der Waals surface area contributed by atoms with Crippen LogP contribution in [0.5, 0.6) is 0 Å². The number of aryl methyl sites for hydroxylation is 2. The van der Waals surface area contributed by atoms with E-state index in [0.29, 0.717) is 0 Å². The van der Waals surface area contributed by atoms with Crippen molar-refractivity contribution in [2.24, 2.45) is 0 Å². The lowest BCUT2D eigenvalue weighted by Gasteiger charge is -2.06. The van der Waals surface area contributed by atoms with Gasteiger partial charge in [0.25, 0.3) is 0 Å². The number of hydrogen-bond donors (Lipinski definition) is 2. The summed E-state index contributed by atoms with van der Waals surface area (Å²) < 4.78 is 13.6. The predicted molar refractivity (Wildman–Crippen MR) is 130 cm³/mol. The van der Waals surface area contributed by atoms with Gasteiger partial charge in [0.1, 0.15) is 11.6 Å². The summed E-state index contributed by atoms with van der Waals surface area (Å²) in [6.45, 7) is 0. The van der Waals surface area contributed by atoms with Crippen LogP contribution in [-0.4, -0.2) is 19.9 Å². The van der Waals surface area contributed by atoms with Gasteiger partial charge in [-0.15, -0.1) is 0 Å². The summed E-state index contributed by atoms with van der Waals surface area (Å²) in [6, 6.07) is 25.2. The molecule has 0 saturated carbocycles. The lowest BCUT2D eigenvalue weighted by atomic mass is 9.98. The molecule has 3 aromatic carbocycles. The number of hydrogen-bond acceptors (Lipinski definition) is 2. The van der Waals surface area contributed by atoms with Crippen molar-refractivity contribution in [1.82, 2.24) is 19.9 Å². The molecule has 3 aromatic heterocycles. The molecular weight excluding hydrogens is 411 g/mol. The molecule has 0 aliphatic rings. The highest BCUT2D eigenvalue weighted by Gasteiger charge is 2.19. The van der Waals surface area contributed by atoms with Crippen molar-refractivity contribution in [3.63, 3.8) is 0 Å². The van der Waals surface area contributed by atoms with Gasteiger partial charge in [-0.25, -0.2) is 9.37 Å². The number of halogens is 1. The van der Waals surface area contributed by atoms with Gasteiger partial charge < -0.3 is 9.97 Å². The summed E-state index contributed by atoms with van der Waals surface area (Å²) in [5.74, 6) is 0.713. The Labute approximate surface area is 190 Å². The van der Waals surface area contributed by atoms with Crippen LogP contribution in [-0.2, 0) is 12.8 Å². The van der Waals surface area contributed by atoms with Crippen LogP contribution in [0.15, 0.2) is 91.3 Å². The minimum atomic E-state index is -0.252. The van der Waals surface area contributed by atoms with Crippen LogP contribution in [0.4, 0.5) is 4.39 Å². The molecule has 0 aliphatic heterocycles.